The van der Waals surface area contributed by atoms with Gasteiger partial charge in [-0.05, 0) is 45.2 Å². The minimum absolute atomic E-state index is 0.308. The second-order valence-electron chi connectivity index (χ2n) is 5.83. The molecule has 1 saturated carbocycles. The Balaban J connectivity index is 1.77. The largest absolute Gasteiger partial charge is 0.349 e. The highest BCUT2D eigenvalue weighted by atomic mass is 32.1. The zero-order chi connectivity index (χ0) is 14.1. The van der Waals surface area contributed by atoms with Crippen molar-refractivity contribution in [3.8, 4) is 0 Å². The van der Waals surface area contributed by atoms with E-state index in [1.165, 1.54) is 41.0 Å². The Bertz CT molecular complexity index is 578. The molecule has 1 aliphatic carbocycles. The van der Waals surface area contributed by atoms with E-state index < -0.39 is 0 Å². The minimum atomic E-state index is 0.308. The van der Waals surface area contributed by atoms with Gasteiger partial charge in [0.05, 0.1) is 6.04 Å². The van der Waals surface area contributed by atoms with Crippen LogP contribution in [-0.4, -0.2) is 9.55 Å². The van der Waals surface area contributed by atoms with Gasteiger partial charge < -0.3 is 9.88 Å². The van der Waals surface area contributed by atoms with Crippen molar-refractivity contribution in [3.63, 3.8) is 0 Å². The average molecular weight is 289 g/mol. The first-order valence-corrected chi connectivity index (χ1v) is 8.33. The van der Waals surface area contributed by atoms with Gasteiger partial charge in [0.15, 0.2) is 0 Å². The van der Waals surface area contributed by atoms with Gasteiger partial charge in [-0.3, -0.25) is 0 Å². The number of nitrogens with zero attached hydrogens (tertiary/aromatic N) is 2. The van der Waals surface area contributed by atoms with Gasteiger partial charge in [-0.1, -0.05) is 12.8 Å². The van der Waals surface area contributed by atoms with Crippen molar-refractivity contribution in [1.29, 1.82) is 0 Å². The summed E-state index contributed by atoms with van der Waals surface area (Å²) in [5, 5.41) is 3.60. The summed E-state index contributed by atoms with van der Waals surface area (Å²) >= 11 is 1.87. The maximum absolute atomic E-state index is 4.52. The first-order chi connectivity index (χ1) is 9.65. The highest BCUT2D eigenvalue weighted by Crippen LogP contribution is 2.33. The molecule has 108 valence electrons. The van der Waals surface area contributed by atoms with Crippen molar-refractivity contribution in [3.05, 3.63) is 33.8 Å². The van der Waals surface area contributed by atoms with Crippen LogP contribution in [0.25, 0.3) is 0 Å². The van der Waals surface area contributed by atoms with Crippen LogP contribution in [-0.2, 0) is 0 Å². The molecule has 1 atom stereocenters. The van der Waals surface area contributed by atoms with Crippen LogP contribution in [0, 0.1) is 13.8 Å². The Kier molecular flexibility index (Phi) is 3.83. The molecule has 1 unspecified atom stereocenters. The van der Waals surface area contributed by atoms with Crippen molar-refractivity contribution in [1.82, 2.24) is 9.55 Å². The predicted molar refractivity (Wildman–Crippen MR) is 85.6 cm³/mol. The third-order valence-electron chi connectivity index (χ3n) is 4.28. The Morgan fingerprint density at radius 1 is 1.35 bits per heavy atom. The van der Waals surface area contributed by atoms with Crippen molar-refractivity contribution in [2.45, 2.75) is 58.5 Å². The molecule has 2 aromatic rings. The van der Waals surface area contributed by atoms with Gasteiger partial charge in [0.2, 0.25) is 5.95 Å². The first kappa shape index (κ1) is 13.7. The summed E-state index contributed by atoms with van der Waals surface area (Å²) in [5.41, 5.74) is 1.40. The quantitative estimate of drug-likeness (QED) is 0.872. The standard InChI is InChI=1S/C16H23N3S/c1-11-10-15(13(3)20-11)12(2)18-16-17-8-9-19(16)14-6-4-5-7-14/h8-10,12,14H,4-7H2,1-3H3,(H,17,18). The van der Waals surface area contributed by atoms with E-state index in [1.54, 1.807) is 0 Å². The maximum Gasteiger partial charge on any atom is 0.203 e. The normalized spacial score (nSPS) is 17.6. The molecule has 0 amide bonds. The summed E-state index contributed by atoms with van der Waals surface area (Å²) in [6.45, 7) is 6.60. The van der Waals surface area contributed by atoms with Crippen LogP contribution in [0.3, 0.4) is 0 Å². The van der Waals surface area contributed by atoms with E-state index in [-0.39, 0.29) is 0 Å². The first-order valence-electron chi connectivity index (χ1n) is 7.51. The molecule has 1 N–H and O–H groups in total. The van der Waals surface area contributed by atoms with Gasteiger partial charge >= 0.3 is 0 Å². The fourth-order valence-electron chi connectivity index (χ4n) is 3.25. The monoisotopic (exact) mass is 289 g/mol. The molecule has 0 spiro atoms. The van der Waals surface area contributed by atoms with Gasteiger partial charge in [-0.2, -0.15) is 0 Å². The lowest BCUT2D eigenvalue weighted by Crippen LogP contribution is -2.14. The molecule has 3 nitrogen and oxygen atoms in total. The smallest absolute Gasteiger partial charge is 0.203 e. The molecule has 3 rings (SSSR count). The second kappa shape index (κ2) is 5.60. The molecule has 0 radical (unpaired) electrons. The molecule has 0 aromatic carbocycles. The lowest BCUT2D eigenvalue weighted by atomic mass is 10.1. The van der Waals surface area contributed by atoms with Crippen LogP contribution in [0.5, 0.6) is 0 Å². The molecule has 2 heterocycles. The highest BCUT2D eigenvalue weighted by Gasteiger charge is 2.20. The van der Waals surface area contributed by atoms with E-state index >= 15 is 0 Å². The van der Waals surface area contributed by atoms with E-state index in [1.807, 2.05) is 17.5 Å². The topological polar surface area (TPSA) is 29.9 Å². The third-order valence-corrected chi connectivity index (χ3v) is 5.26. The Morgan fingerprint density at radius 3 is 2.75 bits per heavy atom. The Morgan fingerprint density at radius 2 is 2.10 bits per heavy atom. The van der Waals surface area contributed by atoms with Crippen molar-refractivity contribution in [2.75, 3.05) is 5.32 Å². The van der Waals surface area contributed by atoms with Gasteiger partial charge in [0.1, 0.15) is 0 Å². The number of hydrogen-bond donors (Lipinski definition) is 1. The molecule has 0 saturated heterocycles. The number of aromatic nitrogens is 2. The molecule has 4 heteroatoms. The van der Waals surface area contributed by atoms with Gasteiger partial charge in [-0.25, -0.2) is 4.98 Å². The van der Waals surface area contributed by atoms with Crippen LogP contribution in [0.4, 0.5) is 5.95 Å². The molecule has 1 aliphatic rings. The van der Waals surface area contributed by atoms with Crippen molar-refractivity contribution >= 4 is 17.3 Å². The molecule has 2 aromatic heterocycles. The minimum Gasteiger partial charge on any atom is -0.349 e. The summed E-state index contributed by atoms with van der Waals surface area (Å²) in [4.78, 5) is 7.30. The average Bonchev–Trinajstić information content (AvgIpc) is 3.09. The summed E-state index contributed by atoms with van der Waals surface area (Å²) in [6, 6.07) is 3.24. The SMILES string of the molecule is Cc1cc(C(C)Nc2nccn2C2CCCC2)c(C)s1. The van der Waals surface area contributed by atoms with Crippen LogP contribution in [0.15, 0.2) is 18.5 Å². The summed E-state index contributed by atoms with van der Waals surface area (Å²) < 4.78 is 2.33. The van der Waals surface area contributed by atoms with E-state index in [9.17, 15) is 0 Å². The molecular formula is C16H23N3S. The second-order valence-corrected chi connectivity index (χ2v) is 7.29. The number of hydrogen-bond acceptors (Lipinski definition) is 3. The number of anilines is 1. The maximum atomic E-state index is 4.52. The number of imidazole rings is 1. The van der Waals surface area contributed by atoms with Crippen molar-refractivity contribution in [2.24, 2.45) is 0 Å². The fourth-order valence-corrected chi connectivity index (χ4v) is 4.28. The molecule has 0 aliphatic heterocycles. The Labute approximate surface area is 125 Å². The van der Waals surface area contributed by atoms with E-state index in [4.69, 9.17) is 0 Å². The van der Waals surface area contributed by atoms with Crippen molar-refractivity contribution < 1.29 is 0 Å². The number of nitrogens with one attached hydrogen (secondary N) is 1. The highest BCUT2D eigenvalue weighted by molar-refractivity contribution is 7.12. The third kappa shape index (κ3) is 2.62. The summed E-state index contributed by atoms with van der Waals surface area (Å²) in [5.74, 6) is 1.02. The van der Waals surface area contributed by atoms with E-state index in [2.05, 4.69) is 47.9 Å². The molecular weight excluding hydrogens is 266 g/mol. The van der Waals surface area contributed by atoms with Crippen LogP contribution < -0.4 is 5.32 Å². The van der Waals surface area contributed by atoms with Crippen LogP contribution in [0.2, 0.25) is 0 Å². The fraction of sp³-hybridized carbons (Fsp3) is 0.562. The number of thiophene rings is 1. The molecule has 1 fully saturated rings. The summed E-state index contributed by atoms with van der Waals surface area (Å²) in [6.07, 6.45) is 9.31. The predicted octanol–water partition coefficient (Wildman–Crippen LogP) is 4.85. The van der Waals surface area contributed by atoms with Gasteiger partial charge in [0, 0.05) is 28.2 Å². The number of aryl methyl sites for hydroxylation is 2. The zero-order valence-electron chi connectivity index (χ0n) is 12.5. The lowest BCUT2D eigenvalue weighted by Gasteiger charge is -2.19. The summed E-state index contributed by atoms with van der Waals surface area (Å²) in [7, 11) is 0. The molecule has 20 heavy (non-hydrogen) atoms. The lowest BCUT2D eigenvalue weighted by molar-refractivity contribution is 0.521. The number of rotatable bonds is 4. The van der Waals surface area contributed by atoms with Gasteiger partial charge in [-0.15, -0.1) is 11.3 Å². The van der Waals surface area contributed by atoms with E-state index in [0.29, 0.717) is 12.1 Å². The molecule has 0 bridgehead atoms. The van der Waals surface area contributed by atoms with E-state index in [0.717, 1.165) is 5.95 Å². The Hall–Kier alpha value is -1.29. The van der Waals surface area contributed by atoms with Crippen LogP contribution >= 0.6 is 11.3 Å². The van der Waals surface area contributed by atoms with Gasteiger partial charge in [0.25, 0.3) is 0 Å². The van der Waals surface area contributed by atoms with Crippen LogP contribution in [0.1, 0.15) is 60.0 Å². The zero-order valence-corrected chi connectivity index (χ0v) is 13.3.